The van der Waals surface area contributed by atoms with Crippen LogP contribution >= 0.6 is 0 Å². The smallest absolute Gasteiger partial charge is 0.341 e. The average Bonchev–Trinajstić information content (AvgIpc) is 2.37. The van der Waals surface area contributed by atoms with E-state index in [4.69, 9.17) is 5.11 Å². The number of nitrogens with zero attached hydrogens (tertiary/aromatic N) is 1. The molecule has 0 amide bonds. The molecule has 0 aliphatic heterocycles. The van der Waals surface area contributed by atoms with Crippen LogP contribution in [-0.2, 0) is 6.54 Å². The van der Waals surface area contributed by atoms with Gasteiger partial charge in [-0.1, -0.05) is 33.1 Å². The summed E-state index contributed by atoms with van der Waals surface area (Å²) in [6.45, 7) is 6.72. The van der Waals surface area contributed by atoms with Crippen molar-refractivity contribution in [3.63, 3.8) is 0 Å². The first-order valence-corrected chi connectivity index (χ1v) is 6.94. The third kappa shape index (κ3) is 3.94. The Morgan fingerprint density at radius 2 is 2.05 bits per heavy atom. The number of pyridine rings is 1. The molecule has 1 heterocycles. The molecule has 0 fully saturated rings. The van der Waals surface area contributed by atoms with E-state index in [0.717, 1.165) is 31.4 Å². The molecule has 0 bridgehead atoms. The highest BCUT2D eigenvalue weighted by Gasteiger charge is 2.15. The van der Waals surface area contributed by atoms with Crippen molar-refractivity contribution in [2.45, 2.75) is 53.0 Å². The van der Waals surface area contributed by atoms with Crippen LogP contribution in [0.15, 0.2) is 16.9 Å². The third-order valence-electron chi connectivity index (χ3n) is 3.61. The zero-order valence-corrected chi connectivity index (χ0v) is 12.0. The largest absolute Gasteiger partial charge is 0.477 e. The first kappa shape index (κ1) is 15.5. The van der Waals surface area contributed by atoms with Gasteiger partial charge in [-0.2, -0.15) is 0 Å². The number of carboxylic acid groups (broad SMARTS) is 1. The Kier molecular flexibility index (Phi) is 5.80. The zero-order valence-electron chi connectivity index (χ0n) is 12.0. The quantitative estimate of drug-likeness (QED) is 0.824. The second kappa shape index (κ2) is 7.12. The lowest BCUT2D eigenvalue weighted by Crippen LogP contribution is -2.30. The van der Waals surface area contributed by atoms with Crippen LogP contribution in [0.2, 0.25) is 0 Å². The van der Waals surface area contributed by atoms with Crippen LogP contribution in [0.1, 0.15) is 55.6 Å². The molecule has 1 aromatic rings. The molecule has 0 spiro atoms. The standard InChI is InChI=1S/C15H23NO3/c1-4-6-7-12(5-2)10-16-11(3)8-9-13(14(16)17)15(18)19/h8-9,12H,4-7,10H2,1-3H3,(H,18,19). The number of carbonyl (C=O) groups is 1. The van der Waals surface area contributed by atoms with E-state index in [0.29, 0.717) is 12.5 Å². The lowest BCUT2D eigenvalue weighted by Gasteiger charge is -2.18. The molecule has 4 nitrogen and oxygen atoms in total. The van der Waals surface area contributed by atoms with Gasteiger partial charge in [0.1, 0.15) is 5.56 Å². The molecule has 1 N–H and O–H groups in total. The average molecular weight is 265 g/mol. The van der Waals surface area contributed by atoms with Crippen molar-refractivity contribution in [3.05, 3.63) is 33.7 Å². The van der Waals surface area contributed by atoms with Gasteiger partial charge >= 0.3 is 5.97 Å². The molecule has 1 rings (SSSR count). The van der Waals surface area contributed by atoms with E-state index in [-0.39, 0.29) is 11.1 Å². The van der Waals surface area contributed by atoms with Crippen molar-refractivity contribution in [1.82, 2.24) is 4.57 Å². The Hall–Kier alpha value is -1.58. The monoisotopic (exact) mass is 265 g/mol. The summed E-state index contributed by atoms with van der Waals surface area (Å²) in [5.41, 5.74) is 0.295. The second-order valence-corrected chi connectivity index (χ2v) is 5.03. The molecule has 19 heavy (non-hydrogen) atoms. The molecule has 0 saturated carbocycles. The lowest BCUT2D eigenvalue weighted by molar-refractivity contribution is 0.0694. The number of aromatic carboxylic acids is 1. The highest BCUT2D eigenvalue weighted by molar-refractivity contribution is 5.87. The van der Waals surface area contributed by atoms with E-state index in [1.165, 1.54) is 6.07 Å². The van der Waals surface area contributed by atoms with E-state index in [1.807, 2.05) is 6.92 Å². The van der Waals surface area contributed by atoms with E-state index >= 15 is 0 Å². The number of carboxylic acids is 1. The van der Waals surface area contributed by atoms with Crippen LogP contribution in [0.4, 0.5) is 0 Å². The fraction of sp³-hybridized carbons (Fsp3) is 0.600. The maximum Gasteiger partial charge on any atom is 0.341 e. The highest BCUT2D eigenvalue weighted by atomic mass is 16.4. The maximum atomic E-state index is 12.1. The topological polar surface area (TPSA) is 59.3 Å². The predicted molar refractivity (Wildman–Crippen MR) is 75.7 cm³/mol. The molecule has 0 aliphatic rings. The summed E-state index contributed by atoms with van der Waals surface area (Å²) in [6.07, 6.45) is 4.36. The van der Waals surface area contributed by atoms with Crippen LogP contribution < -0.4 is 5.56 Å². The minimum absolute atomic E-state index is 0.143. The zero-order chi connectivity index (χ0) is 14.4. The number of hydrogen-bond donors (Lipinski definition) is 1. The van der Waals surface area contributed by atoms with Crippen molar-refractivity contribution in [2.24, 2.45) is 5.92 Å². The summed E-state index contributed by atoms with van der Waals surface area (Å²) in [6, 6.07) is 3.10. The summed E-state index contributed by atoms with van der Waals surface area (Å²) >= 11 is 0. The molecule has 1 unspecified atom stereocenters. The van der Waals surface area contributed by atoms with Crippen LogP contribution in [0.25, 0.3) is 0 Å². The summed E-state index contributed by atoms with van der Waals surface area (Å²) in [7, 11) is 0. The molecule has 1 aromatic heterocycles. The third-order valence-corrected chi connectivity index (χ3v) is 3.61. The minimum Gasteiger partial charge on any atom is -0.477 e. The van der Waals surface area contributed by atoms with Gasteiger partial charge in [0.05, 0.1) is 0 Å². The molecular weight excluding hydrogens is 242 g/mol. The van der Waals surface area contributed by atoms with Gasteiger partial charge in [-0.05, 0) is 31.4 Å². The van der Waals surface area contributed by atoms with Gasteiger partial charge in [0.15, 0.2) is 0 Å². The number of hydrogen-bond acceptors (Lipinski definition) is 2. The SMILES string of the molecule is CCCCC(CC)Cn1c(C)ccc(C(=O)O)c1=O. The number of aryl methyl sites for hydroxylation is 1. The molecule has 0 radical (unpaired) electrons. The van der Waals surface area contributed by atoms with Gasteiger partial charge < -0.3 is 9.67 Å². The first-order valence-electron chi connectivity index (χ1n) is 6.94. The Morgan fingerprint density at radius 3 is 2.58 bits per heavy atom. The van der Waals surface area contributed by atoms with Crippen molar-refractivity contribution in [2.75, 3.05) is 0 Å². The molecule has 0 saturated heterocycles. The van der Waals surface area contributed by atoms with E-state index < -0.39 is 5.97 Å². The molecule has 0 aliphatic carbocycles. The van der Waals surface area contributed by atoms with Gasteiger partial charge in [-0.15, -0.1) is 0 Å². The molecule has 0 aromatic carbocycles. The van der Waals surface area contributed by atoms with Crippen LogP contribution in [0.5, 0.6) is 0 Å². The molecular formula is C15H23NO3. The van der Waals surface area contributed by atoms with Gasteiger partial charge in [0.25, 0.3) is 5.56 Å². The van der Waals surface area contributed by atoms with Crippen LogP contribution in [0, 0.1) is 12.8 Å². The first-order chi connectivity index (χ1) is 9.01. The molecule has 4 heteroatoms. The predicted octanol–water partition coefficient (Wildman–Crippen LogP) is 3.07. The Bertz CT molecular complexity index is 491. The van der Waals surface area contributed by atoms with Crippen LogP contribution in [0.3, 0.4) is 0 Å². The Labute approximate surface area is 114 Å². The fourth-order valence-electron chi connectivity index (χ4n) is 2.24. The van der Waals surface area contributed by atoms with Crippen molar-refractivity contribution in [1.29, 1.82) is 0 Å². The normalized spacial score (nSPS) is 12.4. The number of rotatable bonds is 7. The molecule has 106 valence electrons. The van der Waals surface area contributed by atoms with Gasteiger partial charge in [0, 0.05) is 12.2 Å². The van der Waals surface area contributed by atoms with Crippen LogP contribution in [-0.4, -0.2) is 15.6 Å². The Balaban J connectivity index is 3.02. The molecule has 1 atom stereocenters. The fourth-order valence-corrected chi connectivity index (χ4v) is 2.24. The highest BCUT2D eigenvalue weighted by Crippen LogP contribution is 2.15. The van der Waals surface area contributed by atoms with Gasteiger partial charge in [-0.25, -0.2) is 4.79 Å². The second-order valence-electron chi connectivity index (χ2n) is 5.03. The summed E-state index contributed by atoms with van der Waals surface area (Å²) in [5, 5.41) is 9.00. The summed E-state index contributed by atoms with van der Waals surface area (Å²) < 4.78 is 1.60. The van der Waals surface area contributed by atoms with Crippen molar-refractivity contribution < 1.29 is 9.90 Å². The van der Waals surface area contributed by atoms with Crippen molar-refractivity contribution >= 4 is 5.97 Å². The summed E-state index contributed by atoms with van der Waals surface area (Å²) in [4.78, 5) is 23.1. The minimum atomic E-state index is -1.15. The number of unbranched alkanes of at least 4 members (excludes halogenated alkanes) is 1. The van der Waals surface area contributed by atoms with E-state index in [2.05, 4.69) is 13.8 Å². The lowest BCUT2D eigenvalue weighted by atomic mass is 9.99. The summed E-state index contributed by atoms with van der Waals surface area (Å²) in [5.74, 6) is -0.722. The van der Waals surface area contributed by atoms with Gasteiger partial charge in [0.2, 0.25) is 0 Å². The Morgan fingerprint density at radius 1 is 1.37 bits per heavy atom. The van der Waals surface area contributed by atoms with E-state index in [9.17, 15) is 9.59 Å². The number of aromatic nitrogens is 1. The van der Waals surface area contributed by atoms with Crippen molar-refractivity contribution in [3.8, 4) is 0 Å². The maximum absolute atomic E-state index is 12.1. The van der Waals surface area contributed by atoms with E-state index in [1.54, 1.807) is 10.6 Å². The van der Waals surface area contributed by atoms with Gasteiger partial charge in [-0.3, -0.25) is 4.79 Å².